The minimum Gasteiger partial charge on any atom is -0.326 e. The molecular formula is C18H19ClN2O3S. The highest BCUT2D eigenvalue weighted by atomic mass is 35.5. The van der Waals surface area contributed by atoms with Crippen molar-refractivity contribution >= 4 is 33.2 Å². The predicted octanol–water partition coefficient (Wildman–Crippen LogP) is 3.37. The summed E-state index contributed by atoms with van der Waals surface area (Å²) < 4.78 is 22.7. The summed E-state index contributed by atoms with van der Waals surface area (Å²) in [7, 11) is -3.72. The molecule has 25 heavy (non-hydrogen) atoms. The fourth-order valence-electron chi connectivity index (χ4n) is 3.40. The van der Waals surface area contributed by atoms with Crippen molar-refractivity contribution in [2.45, 2.75) is 24.7 Å². The third kappa shape index (κ3) is 3.56. The zero-order valence-electron chi connectivity index (χ0n) is 13.9. The number of hydrogen-bond donors (Lipinski definition) is 2. The summed E-state index contributed by atoms with van der Waals surface area (Å²) in [5.41, 5.74) is 1.36. The molecule has 0 saturated heterocycles. The maximum atomic E-state index is 12.6. The van der Waals surface area contributed by atoms with Gasteiger partial charge in [0.1, 0.15) is 0 Å². The number of amides is 1. The fourth-order valence-corrected chi connectivity index (χ4v) is 4.11. The van der Waals surface area contributed by atoms with E-state index < -0.39 is 10.0 Å². The molecule has 0 spiro atoms. The quantitative estimate of drug-likeness (QED) is 0.854. The first-order valence-electron chi connectivity index (χ1n) is 7.80. The summed E-state index contributed by atoms with van der Waals surface area (Å²) in [6, 6.07) is 13.4. The first-order valence-corrected chi connectivity index (χ1v) is 9.72. The fraction of sp³-hybridized carbons (Fsp3) is 0.278. The molecule has 0 bridgehead atoms. The molecule has 0 radical (unpaired) electrons. The van der Waals surface area contributed by atoms with Gasteiger partial charge in [0.2, 0.25) is 15.9 Å². The van der Waals surface area contributed by atoms with Gasteiger partial charge in [-0.1, -0.05) is 43.6 Å². The standard InChI is InChI=1S/C18H19ClN2O3S/c1-18(2)15(11-6-8-14(9-7-11)25(20,23)24)16(18)17(22)21-13-5-3-4-12(19)10-13/h3-10,15-16H,1-2H3,(H,21,22)(H2,20,23,24)/t15-,16+/m0/s1. The second-order valence-corrected chi connectivity index (χ2v) is 8.89. The van der Waals surface area contributed by atoms with Crippen molar-refractivity contribution in [3.05, 3.63) is 59.1 Å². The lowest BCUT2D eigenvalue weighted by Crippen LogP contribution is -2.16. The van der Waals surface area contributed by atoms with Crippen molar-refractivity contribution in [2.24, 2.45) is 16.5 Å². The number of nitrogens with two attached hydrogens (primary N) is 1. The second-order valence-electron chi connectivity index (χ2n) is 6.89. The second kappa shape index (κ2) is 6.12. The molecule has 3 N–H and O–H groups in total. The van der Waals surface area contributed by atoms with Crippen LogP contribution in [0.15, 0.2) is 53.4 Å². The third-order valence-electron chi connectivity index (χ3n) is 4.77. The Kier molecular flexibility index (Phi) is 4.39. The van der Waals surface area contributed by atoms with E-state index in [-0.39, 0.29) is 28.1 Å². The van der Waals surface area contributed by atoms with E-state index in [2.05, 4.69) is 5.32 Å². The molecule has 5 nitrogen and oxygen atoms in total. The Hall–Kier alpha value is -1.89. The number of rotatable bonds is 4. The minimum atomic E-state index is -3.72. The largest absolute Gasteiger partial charge is 0.326 e. The van der Waals surface area contributed by atoms with Gasteiger partial charge >= 0.3 is 0 Å². The normalized spacial score (nSPS) is 21.6. The number of hydrogen-bond acceptors (Lipinski definition) is 3. The van der Waals surface area contributed by atoms with Gasteiger partial charge in [-0.15, -0.1) is 0 Å². The van der Waals surface area contributed by atoms with Crippen LogP contribution in [-0.4, -0.2) is 14.3 Å². The molecule has 2 aromatic carbocycles. The first-order chi connectivity index (χ1) is 11.6. The maximum Gasteiger partial charge on any atom is 0.238 e. The molecular weight excluding hydrogens is 360 g/mol. The Morgan fingerprint density at radius 3 is 2.36 bits per heavy atom. The zero-order chi connectivity index (χ0) is 18.4. The number of halogens is 1. The number of anilines is 1. The molecule has 3 rings (SSSR count). The van der Waals surface area contributed by atoms with Crippen LogP contribution in [-0.2, 0) is 14.8 Å². The SMILES string of the molecule is CC1(C)[C@@H](C(=O)Nc2cccc(Cl)c2)[C@@H]1c1ccc(S(N)(=O)=O)cc1. The van der Waals surface area contributed by atoms with Crippen LogP contribution in [0.5, 0.6) is 0 Å². The van der Waals surface area contributed by atoms with Crippen molar-refractivity contribution in [1.82, 2.24) is 0 Å². The van der Waals surface area contributed by atoms with Gasteiger partial charge in [-0.25, -0.2) is 13.6 Å². The zero-order valence-corrected chi connectivity index (χ0v) is 15.4. The monoisotopic (exact) mass is 378 g/mol. The molecule has 132 valence electrons. The molecule has 0 unspecified atom stereocenters. The van der Waals surface area contributed by atoms with Crippen LogP contribution in [0.25, 0.3) is 0 Å². The van der Waals surface area contributed by atoms with E-state index in [1.807, 2.05) is 13.8 Å². The van der Waals surface area contributed by atoms with Gasteiger partial charge in [-0.05, 0) is 41.3 Å². The molecule has 7 heteroatoms. The summed E-state index contributed by atoms with van der Waals surface area (Å²) in [4.78, 5) is 12.7. The topological polar surface area (TPSA) is 89.3 Å². The summed E-state index contributed by atoms with van der Waals surface area (Å²) >= 11 is 5.95. The van der Waals surface area contributed by atoms with Crippen LogP contribution in [0.2, 0.25) is 5.02 Å². The summed E-state index contributed by atoms with van der Waals surface area (Å²) in [5, 5.41) is 8.58. The van der Waals surface area contributed by atoms with E-state index in [1.165, 1.54) is 12.1 Å². The molecule has 1 fully saturated rings. The lowest BCUT2D eigenvalue weighted by Gasteiger charge is -2.06. The predicted molar refractivity (Wildman–Crippen MR) is 97.9 cm³/mol. The van der Waals surface area contributed by atoms with Gasteiger partial charge in [-0.2, -0.15) is 0 Å². The summed E-state index contributed by atoms with van der Waals surface area (Å²) in [6.07, 6.45) is 0. The Labute approximate surface area is 152 Å². The first kappa shape index (κ1) is 17.9. The van der Waals surface area contributed by atoms with Gasteiger partial charge in [0, 0.05) is 16.6 Å². The number of carbonyl (C=O) groups excluding carboxylic acids is 1. The Balaban J connectivity index is 1.78. The van der Waals surface area contributed by atoms with Crippen molar-refractivity contribution in [3.8, 4) is 0 Å². The average Bonchev–Trinajstić information content (AvgIpc) is 3.09. The summed E-state index contributed by atoms with van der Waals surface area (Å²) in [6.45, 7) is 4.04. The lowest BCUT2D eigenvalue weighted by atomic mass is 10.0. The molecule has 2 atom stereocenters. The Morgan fingerprint density at radius 1 is 1.16 bits per heavy atom. The molecule has 0 aromatic heterocycles. The van der Waals surface area contributed by atoms with Gasteiger partial charge in [0.25, 0.3) is 0 Å². The molecule has 1 aliphatic carbocycles. The highest BCUT2D eigenvalue weighted by Crippen LogP contribution is 2.64. The van der Waals surface area contributed by atoms with Crippen molar-refractivity contribution in [2.75, 3.05) is 5.32 Å². The lowest BCUT2D eigenvalue weighted by molar-refractivity contribution is -0.118. The highest BCUT2D eigenvalue weighted by Gasteiger charge is 2.62. The van der Waals surface area contributed by atoms with Crippen molar-refractivity contribution < 1.29 is 13.2 Å². The number of sulfonamides is 1. The van der Waals surface area contributed by atoms with Gasteiger partial charge in [0.05, 0.1) is 10.8 Å². The summed E-state index contributed by atoms with van der Waals surface area (Å²) in [5.74, 6) is -0.263. The number of primary sulfonamides is 1. The average molecular weight is 379 g/mol. The molecule has 0 heterocycles. The van der Waals surface area contributed by atoms with Crippen LogP contribution >= 0.6 is 11.6 Å². The van der Waals surface area contributed by atoms with Gasteiger partial charge < -0.3 is 5.32 Å². The van der Waals surface area contributed by atoms with E-state index >= 15 is 0 Å². The van der Waals surface area contributed by atoms with Crippen molar-refractivity contribution in [3.63, 3.8) is 0 Å². The Morgan fingerprint density at radius 2 is 1.80 bits per heavy atom. The smallest absolute Gasteiger partial charge is 0.238 e. The third-order valence-corrected chi connectivity index (χ3v) is 5.93. The molecule has 1 saturated carbocycles. The van der Waals surface area contributed by atoms with Gasteiger partial charge in [0.15, 0.2) is 0 Å². The number of carbonyl (C=O) groups is 1. The number of nitrogens with one attached hydrogen (secondary N) is 1. The minimum absolute atomic E-state index is 0.0150. The molecule has 0 aliphatic heterocycles. The van der Waals surface area contributed by atoms with Gasteiger partial charge in [-0.3, -0.25) is 4.79 Å². The van der Waals surface area contributed by atoms with Crippen LogP contribution < -0.4 is 10.5 Å². The van der Waals surface area contributed by atoms with E-state index in [1.54, 1.807) is 36.4 Å². The van der Waals surface area contributed by atoms with Crippen LogP contribution in [0.1, 0.15) is 25.3 Å². The molecule has 1 amide bonds. The van der Waals surface area contributed by atoms with E-state index in [0.29, 0.717) is 10.7 Å². The van der Waals surface area contributed by atoms with E-state index in [0.717, 1.165) is 5.56 Å². The van der Waals surface area contributed by atoms with E-state index in [9.17, 15) is 13.2 Å². The van der Waals surface area contributed by atoms with Crippen molar-refractivity contribution in [1.29, 1.82) is 0 Å². The molecule has 1 aliphatic rings. The number of benzene rings is 2. The molecule has 2 aromatic rings. The maximum absolute atomic E-state index is 12.6. The van der Waals surface area contributed by atoms with Crippen LogP contribution in [0.3, 0.4) is 0 Å². The van der Waals surface area contributed by atoms with Crippen LogP contribution in [0.4, 0.5) is 5.69 Å². The van der Waals surface area contributed by atoms with Crippen LogP contribution in [0, 0.1) is 11.3 Å². The van der Waals surface area contributed by atoms with E-state index in [4.69, 9.17) is 16.7 Å². The Bertz CT molecular complexity index is 924. The highest BCUT2D eigenvalue weighted by molar-refractivity contribution is 7.89.